The van der Waals surface area contributed by atoms with Crippen LogP contribution in [0.5, 0.6) is 0 Å². The van der Waals surface area contributed by atoms with Crippen molar-refractivity contribution in [2.24, 2.45) is 11.5 Å². The molecule has 0 saturated carbocycles. The van der Waals surface area contributed by atoms with E-state index in [0.29, 0.717) is 11.1 Å². The molecule has 0 amide bonds. The molecule has 2 nitrogen and oxygen atoms in total. The SMILES string of the molecule is NCc1ccc(C(N)=S)cc1F. The Balaban J connectivity index is 3.10. The monoisotopic (exact) mass is 184 g/mol. The predicted octanol–water partition coefficient (Wildman–Crippen LogP) is 0.919. The van der Waals surface area contributed by atoms with Crippen molar-refractivity contribution in [2.75, 3.05) is 0 Å². The van der Waals surface area contributed by atoms with E-state index in [1.807, 2.05) is 0 Å². The second-order valence-corrected chi connectivity index (χ2v) is 2.81. The van der Waals surface area contributed by atoms with Gasteiger partial charge in [0.25, 0.3) is 0 Å². The lowest BCUT2D eigenvalue weighted by molar-refractivity contribution is 0.610. The van der Waals surface area contributed by atoms with Crippen LogP contribution < -0.4 is 11.5 Å². The molecule has 0 aliphatic rings. The summed E-state index contributed by atoms with van der Waals surface area (Å²) in [6.07, 6.45) is 0. The first kappa shape index (κ1) is 9.09. The fourth-order valence-corrected chi connectivity index (χ4v) is 0.993. The highest BCUT2D eigenvalue weighted by Crippen LogP contribution is 2.09. The summed E-state index contributed by atoms with van der Waals surface area (Å²) in [4.78, 5) is 0.192. The van der Waals surface area contributed by atoms with Crippen LogP contribution in [0.1, 0.15) is 11.1 Å². The average molecular weight is 184 g/mol. The van der Waals surface area contributed by atoms with Crippen molar-refractivity contribution in [2.45, 2.75) is 6.54 Å². The molecule has 0 spiro atoms. The maximum atomic E-state index is 13.0. The normalized spacial score (nSPS) is 9.83. The van der Waals surface area contributed by atoms with Gasteiger partial charge in [-0.05, 0) is 6.07 Å². The molecule has 4 N–H and O–H groups in total. The molecule has 4 heteroatoms. The third kappa shape index (κ3) is 1.78. The molecule has 0 bridgehead atoms. The fourth-order valence-electron chi connectivity index (χ4n) is 0.866. The van der Waals surface area contributed by atoms with Crippen molar-refractivity contribution < 1.29 is 4.39 Å². The molecule has 12 heavy (non-hydrogen) atoms. The van der Waals surface area contributed by atoms with Crippen molar-refractivity contribution >= 4 is 17.2 Å². The van der Waals surface area contributed by atoms with E-state index in [9.17, 15) is 4.39 Å². The average Bonchev–Trinajstić information content (AvgIpc) is 2.04. The first-order valence-corrected chi connectivity index (χ1v) is 3.84. The zero-order valence-electron chi connectivity index (χ0n) is 6.38. The summed E-state index contributed by atoms with van der Waals surface area (Å²) in [5, 5.41) is 0. The van der Waals surface area contributed by atoms with Crippen LogP contribution in [0.25, 0.3) is 0 Å². The van der Waals surface area contributed by atoms with Crippen LogP contribution in [0.3, 0.4) is 0 Å². The van der Waals surface area contributed by atoms with Gasteiger partial charge in [-0.25, -0.2) is 4.39 Å². The number of nitrogens with two attached hydrogens (primary N) is 2. The van der Waals surface area contributed by atoms with E-state index in [0.717, 1.165) is 0 Å². The molecule has 0 aromatic heterocycles. The van der Waals surface area contributed by atoms with Crippen LogP contribution in [0, 0.1) is 5.82 Å². The van der Waals surface area contributed by atoms with Crippen LogP contribution >= 0.6 is 12.2 Å². The molecule has 0 aliphatic carbocycles. The first-order valence-electron chi connectivity index (χ1n) is 3.43. The van der Waals surface area contributed by atoms with Crippen molar-refractivity contribution in [3.63, 3.8) is 0 Å². The van der Waals surface area contributed by atoms with Gasteiger partial charge in [0.05, 0.1) is 0 Å². The standard InChI is InChI=1S/C8H9FN2S/c9-7-3-5(8(11)12)1-2-6(7)4-10/h1-3H,4,10H2,(H2,11,12). The summed E-state index contributed by atoms with van der Waals surface area (Å²) in [5.74, 6) is -0.359. The van der Waals surface area contributed by atoms with Crippen LogP contribution in [-0.4, -0.2) is 4.99 Å². The molecule has 1 rings (SSSR count). The van der Waals surface area contributed by atoms with Crippen molar-refractivity contribution in [1.82, 2.24) is 0 Å². The minimum atomic E-state index is -0.359. The maximum Gasteiger partial charge on any atom is 0.128 e. The van der Waals surface area contributed by atoms with Gasteiger partial charge in [-0.2, -0.15) is 0 Å². The number of thiocarbonyl (C=S) groups is 1. The van der Waals surface area contributed by atoms with Crippen LogP contribution in [0.4, 0.5) is 4.39 Å². The van der Waals surface area contributed by atoms with E-state index in [1.54, 1.807) is 12.1 Å². The molecule has 0 fully saturated rings. The maximum absolute atomic E-state index is 13.0. The number of hydrogen-bond donors (Lipinski definition) is 2. The zero-order valence-corrected chi connectivity index (χ0v) is 7.20. The topological polar surface area (TPSA) is 52.0 Å². The summed E-state index contributed by atoms with van der Waals surface area (Å²) in [6, 6.07) is 4.54. The molecule has 1 aromatic rings. The smallest absolute Gasteiger partial charge is 0.128 e. The van der Waals surface area contributed by atoms with Gasteiger partial charge in [-0.3, -0.25) is 0 Å². The summed E-state index contributed by atoms with van der Waals surface area (Å²) in [7, 11) is 0. The largest absolute Gasteiger partial charge is 0.389 e. The molecule has 1 aromatic carbocycles. The van der Waals surface area contributed by atoms with Gasteiger partial charge in [0, 0.05) is 17.7 Å². The molecule has 0 atom stereocenters. The molecular weight excluding hydrogens is 175 g/mol. The number of halogens is 1. The second kappa shape index (κ2) is 3.60. The van der Waals surface area contributed by atoms with E-state index in [2.05, 4.69) is 12.2 Å². The lowest BCUT2D eigenvalue weighted by Crippen LogP contribution is -2.10. The molecule has 0 aliphatic heterocycles. The van der Waals surface area contributed by atoms with E-state index in [1.165, 1.54) is 6.07 Å². The predicted molar refractivity (Wildman–Crippen MR) is 50.2 cm³/mol. The first-order chi connectivity index (χ1) is 5.65. The van der Waals surface area contributed by atoms with Crippen LogP contribution in [0.2, 0.25) is 0 Å². The highest BCUT2D eigenvalue weighted by molar-refractivity contribution is 7.80. The Bertz CT molecular complexity index is 312. The highest BCUT2D eigenvalue weighted by atomic mass is 32.1. The van der Waals surface area contributed by atoms with Crippen LogP contribution in [0.15, 0.2) is 18.2 Å². The number of rotatable bonds is 2. The van der Waals surface area contributed by atoms with Gasteiger partial charge in [-0.1, -0.05) is 24.4 Å². The Kier molecular flexibility index (Phi) is 2.73. The van der Waals surface area contributed by atoms with Gasteiger partial charge < -0.3 is 11.5 Å². The van der Waals surface area contributed by atoms with Gasteiger partial charge >= 0.3 is 0 Å². The Morgan fingerprint density at radius 1 is 1.50 bits per heavy atom. The lowest BCUT2D eigenvalue weighted by Gasteiger charge is -2.01. The van der Waals surface area contributed by atoms with E-state index in [4.69, 9.17) is 11.5 Å². The van der Waals surface area contributed by atoms with Gasteiger partial charge in [-0.15, -0.1) is 0 Å². The van der Waals surface area contributed by atoms with Crippen molar-refractivity contribution in [3.8, 4) is 0 Å². The third-order valence-electron chi connectivity index (χ3n) is 1.56. The van der Waals surface area contributed by atoms with Gasteiger partial charge in [0.15, 0.2) is 0 Å². The zero-order chi connectivity index (χ0) is 9.14. The number of hydrogen-bond acceptors (Lipinski definition) is 2. The minimum absolute atomic E-state index is 0.184. The van der Waals surface area contributed by atoms with Crippen molar-refractivity contribution in [3.05, 3.63) is 35.1 Å². The number of benzene rings is 1. The van der Waals surface area contributed by atoms with E-state index < -0.39 is 0 Å². The second-order valence-electron chi connectivity index (χ2n) is 2.37. The quantitative estimate of drug-likeness (QED) is 0.672. The molecule has 0 heterocycles. The molecule has 0 radical (unpaired) electrons. The molecule has 64 valence electrons. The van der Waals surface area contributed by atoms with Crippen LogP contribution in [-0.2, 0) is 6.54 Å². The fraction of sp³-hybridized carbons (Fsp3) is 0.125. The van der Waals surface area contributed by atoms with Crippen molar-refractivity contribution in [1.29, 1.82) is 0 Å². The van der Waals surface area contributed by atoms with E-state index in [-0.39, 0.29) is 17.4 Å². The molecule has 0 unspecified atom stereocenters. The summed E-state index contributed by atoms with van der Waals surface area (Å²) in [6.45, 7) is 0.184. The molecular formula is C8H9FN2S. The van der Waals surface area contributed by atoms with Gasteiger partial charge in [0.2, 0.25) is 0 Å². The Morgan fingerprint density at radius 2 is 2.17 bits per heavy atom. The molecule has 0 saturated heterocycles. The lowest BCUT2D eigenvalue weighted by atomic mass is 10.1. The minimum Gasteiger partial charge on any atom is -0.389 e. The van der Waals surface area contributed by atoms with Gasteiger partial charge in [0.1, 0.15) is 10.8 Å². The summed E-state index contributed by atoms with van der Waals surface area (Å²) >= 11 is 4.68. The third-order valence-corrected chi connectivity index (χ3v) is 1.79. The summed E-state index contributed by atoms with van der Waals surface area (Å²) in [5.41, 5.74) is 11.6. The highest BCUT2D eigenvalue weighted by Gasteiger charge is 2.02. The summed E-state index contributed by atoms with van der Waals surface area (Å²) < 4.78 is 13.0. The Morgan fingerprint density at radius 3 is 2.58 bits per heavy atom. The van der Waals surface area contributed by atoms with E-state index >= 15 is 0 Å². The Labute approximate surface area is 75.4 Å². The Hall–Kier alpha value is -1.00.